The van der Waals surface area contributed by atoms with Crippen LogP contribution in [0.1, 0.15) is 6.92 Å². The van der Waals surface area contributed by atoms with Crippen LogP contribution in [0.2, 0.25) is 0 Å². The van der Waals surface area contributed by atoms with Crippen molar-refractivity contribution < 1.29 is 19.5 Å². The van der Waals surface area contributed by atoms with Crippen LogP contribution in [0.4, 0.5) is 0 Å². The second-order valence-corrected chi connectivity index (χ2v) is 9.13. The van der Waals surface area contributed by atoms with Gasteiger partial charge in [-0.2, -0.15) is 10.5 Å². The summed E-state index contributed by atoms with van der Waals surface area (Å²) in [7, 11) is 0. The number of nitrogens with zero attached hydrogens (tertiary/aromatic N) is 5. The summed E-state index contributed by atoms with van der Waals surface area (Å²) in [5.74, 6) is -1.90. The Bertz CT molecular complexity index is 869. The van der Waals surface area contributed by atoms with Crippen molar-refractivity contribution in [1.29, 1.82) is 5.26 Å². The van der Waals surface area contributed by atoms with Crippen molar-refractivity contribution in [2.24, 2.45) is 0 Å². The number of aromatic nitrogens is 4. The first-order chi connectivity index (χ1) is 13.4. The number of hydrogen-bond donors (Lipinski definition) is 3. The maximum absolute atomic E-state index is 12.6. The number of amides is 2. The summed E-state index contributed by atoms with van der Waals surface area (Å²) in [6.07, 6.45) is 1.62. The molecule has 1 aromatic rings. The number of tetrazole rings is 1. The van der Waals surface area contributed by atoms with E-state index in [4.69, 9.17) is 5.26 Å². The molecule has 3 N–H and O–H groups in total. The van der Waals surface area contributed by atoms with Crippen molar-refractivity contribution in [2.75, 3.05) is 12.0 Å². The molecule has 3 rings (SSSR count). The number of hydrogen-bond acceptors (Lipinski definition) is 10. The number of carbonyl (C=O) groups excluding carboxylic acids is 2. The molecule has 2 amide bonds. The van der Waals surface area contributed by atoms with Crippen molar-refractivity contribution in [3.8, 4) is 6.07 Å². The topological polar surface area (TPSA) is 165 Å². The van der Waals surface area contributed by atoms with Crippen LogP contribution in [0.3, 0.4) is 0 Å². The van der Waals surface area contributed by atoms with Crippen LogP contribution in [-0.2, 0) is 14.4 Å². The molecule has 0 spiro atoms. The first-order valence-electron chi connectivity index (χ1n) is 7.93. The lowest BCUT2D eigenvalue weighted by atomic mass is 10.0. The predicted octanol–water partition coefficient (Wildman–Crippen LogP) is -0.326. The zero-order valence-corrected chi connectivity index (χ0v) is 17.1. The van der Waals surface area contributed by atoms with Gasteiger partial charge in [-0.1, -0.05) is 11.8 Å². The van der Waals surface area contributed by atoms with E-state index in [1.54, 1.807) is 13.2 Å². The van der Waals surface area contributed by atoms with Gasteiger partial charge in [0, 0.05) is 11.0 Å². The third-order valence-electron chi connectivity index (χ3n) is 4.19. The predicted molar refractivity (Wildman–Crippen MR) is 102 cm³/mol. The van der Waals surface area contributed by atoms with Crippen LogP contribution < -0.4 is 5.32 Å². The second kappa shape index (κ2) is 8.41. The summed E-state index contributed by atoms with van der Waals surface area (Å²) in [6, 6.07) is 1.00. The molecule has 0 radical (unpaired) electrons. The van der Waals surface area contributed by atoms with Gasteiger partial charge in [0.15, 0.2) is 5.25 Å². The van der Waals surface area contributed by atoms with E-state index in [0.717, 1.165) is 11.8 Å². The van der Waals surface area contributed by atoms with E-state index in [1.807, 2.05) is 6.07 Å². The summed E-state index contributed by atoms with van der Waals surface area (Å²) < 4.78 is 0. The first-order valence-corrected chi connectivity index (χ1v) is 11.1. The smallest absolute Gasteiger partial charge is 0.352 e. The Hall–Kier alpha value is -2.24. The fourth-order valence-electron chi connectivity index (χ4n) is 2.83. The second-order valence-electron chi connectivity index (χ2n) is 5.77. The van der Waals surface area contributed by atoms with Gasteiger partial charge in [-0.15, -0.1) is 33.7 Å². The number of fused-ring (bicyclic) bond motifs is 1. The lowest BCUT2D eigenvalue weighted by molar-refractivity contribution is -0.150. The standard InChI is InChI=1S/C14H15N7O4S3/c1-5(28-14-17-19-20-18-14)6-4-27-12-8(16-10(22)7(3-15)26-2)11(23)21(12)9(6)13(24)25/h5,7-8,12H,4H2,1-2H3,(H,16,22)(H,24,25)(H,17,18,19,20)/t5?,7?,8?,12-/m0/s1. The van der Waals surface area contributed by atoms with Crippen LogP contribution in [0.5, 0.6) is 0 Å². The molecule has 3 unspecified atom stereocenters. The molecule has 11 nitrogen and oxygen atoms in total. The highest BCUT2D eigenvalue weighted by molar-refractivity contribution is 8.01. The number of β-lactam (4-membered cyclic amide) rings is 1. The molecule has 0 aromatic carbocycles. The van der Waals surface area contributed by atoms with E-state index >= 15 is 0 Å². The number of nitriles is 1. The largest absolute Gasteiger partial charge is 0.477 e. The Labute approximate surface area is 172 Å². The number of carboxylic acid groups (broad SMARTS) is 1. The lowest BCUT2D eigenvalue weighted by Gasteiger charge is -2.50. The zero-order chi connectivity index (χ0) is 20.4. The van der Waals surface area contributed by atoms with Crippen LogP contribution in [0.25, 0.3) is 0 Å². The van der Waals surface area contributed by atoms with Gasteiger partial charge in [-0.3, -0.25) is 14.5 Å². The molecule has 1 saturated heterocycles. The Balaban J connectivity index is 1.79. The number of H-pyrrole nitrogens is 1. The maximum atomic E-state index is 12.6. The van der Waals surface area contributed by atoms with Crippen molar-refractivity contribution in [3.05, 3.63) is 11.3 Å². The number of carboxylic acids is 1. The van der Waals surface area contributed by atoms with Crippen molar-refractivity contribution in [1.82, 2.24) is 30.8 Å². The van der Waals surface area contributed by atoms with Crippen LogP contribution >= 0.6 is 35.3 Å². The van der Waals surface area contributed by atoms with Crippen LogP contribution in [-0.4, -0.2) is 82.3 Å². The van der Waals surface area contributed by atoms with Gasteiger partial charge < -0.3 is 10.4 Å². The van der Waals surface area contributed by atoms with Gasteiger partial charge in [-0.05, 0) is 24.0 Å². The number of rotatable bonds is 7. The number of nitrogens with one attached hydrogen (secondary N) is 2. The van der Waals surface area contributed by atoms with Gasteiger partial charge in [0.25, 0.3) is 5.91 Å². The quantitative estimate of drug-likeness (QED) is 0.375. The van der Waals surface area contributed by atoms with E-state index in [9.17, 15) is 19.5 Å². The van der Waals surface area contributed by atoms with E-state index < -0.39 is 34.4 Å². The molecule has 1 fully saturated rings. The molecule has 1 aromatic heterocycles. The molecule has 0 bridgehead atoms. The SMILES string of the molecule is CSC(C#N)C(=O)NC1C(=O)N2C(C(=O)O)=C(C(C)Sc3nn[nH]n3)CS[C@@H]12. The molecule has 28 heavy (non-hydrogen) atoms. The third kappa shape index (κ3) is 3.69. The summed E-state index contributed by atoms with van der Waals surface area (Å²) in [5, 5.41) is 33.4. The third-order valence-corrected chi connectivity index (χ3v) is 7.30. The highest BCUT2D eigenvalue weighted by atomic mass is 32.2. The molecule has 4 atom stereocenters. The van der Waals surface area contributed by atoms with E-state index in [-0.39, 0.29) is 10.9 Å². The number of aliphatic carboxylic acids is 1. The van der Waals surface area contributed by atoms with Gasteiger partial charge >= 0.3 is 5.97 Å². The molecule has 2 aliphatic rings. The molecular weight excluding hydrogens is 426 g/mol. The normalized spacial score (nSPS) is 23.3. The van der Waals surface area contributed by atoms with E-state index in [0.29, 0.717) is 16.5 Å². The number of carbonyl (C=O) groups is 3. The molecule has 0 aliphatic carbocycles. The monoisotopic (exact) mass is 441 g/mol. The molecule has 3 heterocycles. The van der Waals surface area contributed by atoms with Crippen molar-refractivity contribution >= 4 is 53.1 Å². The Morgan fingerprint density at radius 3 is 2.86 bits per heavy atom. The van der Waals surface area contributed by atoms with Crippen LogP contribution in [0, 0.1) is 11.3 Å². The Morgan fingerprint density at radius 1 is 1.54 bits per heavy atom. The van der Waals surface area contributed by atoms with Crippen molar-refractivity contribution in [2.45, 2.75) is 34.0 Å². The molecule has 14 heteroatoms. The van der Waals surface area contributed by atoms with Gasteiger partial charge in [0.2, 0.25) is 11.1 Å². The summed E-state index contributed by atoms with van der Waals surface area (Å²) in [6.45, 7) is 1.81. The molecule has 0 saturated carbocycles. The average molecular weight is 442 g/mol. The number of aromatic amines is 1. The lowest BCUT2D eigenvalue weighted by Crippen LogP contribution is -2.71. The maximum Gasteiger partial charge on any atom is 0.352 e. The average Bonchev–Trinajstić information content (AvgIpc) is 3.18. The highest BCUT2D eigenvalue weighted by Gasteiger charge is 2.54. The molecule has 2 aliphatic heterocycles. The van der Waals surface area contributed by atoms with Gasteiger partial charge in [0.05, 0.1) is 6.07 Å². The molecular formula is C14H15N7O4S3. The minimum Gasteiger partial charge on any atom is -0.477 e. The Morgan fingerprint density at radius 2 is 2.29 bits per heavy atom. The molecule has 148 valence electrons. The minimum absolute atomic E-state index is 0.0792. The number of thioether (sulfide) groups is 3. The van der Waals surface area contributed by atoms with Gasteiger partial charge in [-0.25, -0.2) is 4.79 Å². The zero-order valence-electron chi connectivity index (χ0n) is 14.6. The van der Waals surface area contributed by atoms with Crippen molar-refractivity contribution in [3.63, 3.8) is 0 Å². The first kappa shape index (κ1) is 20.5. The van der Waals surface area contributed by atoms with E-state index in [1.165, 1.54) is 28.4 Å². The van der Waals surface area contributed by atoms with Gasteiger partial charge in [0.1, 0.15) is 17.1 Å². The summed E-state index contributed by atoms with van der Waals surface area (Å²) >= 11 is 3.66. The fourth-order valence-corrected chi connectivity index (χ4v) is 5.63. The Kier molecular flexibility index (Phi) is 6.16. The van der Waals surface area contributed by atoms with E-state index in [2.05, 4.69) is 25.9 Å². The summed E-state index contributed by atoms with van der Waals surface area (Å²) in [4.78, 5) is 37.8. The highest BCUT2D eigenvalue weighted by Crippen LogP contribution is 2.43. The minimum atomic E-state index is -1.21. The summed E-state index contributed by atoms with van der Waals surface area (Å²) in [5.41, 5.74) is 0.491. The van der Waals surface area contributed by atoms with Crippen LogP contribution in [0.15, 0.2) is 16.4 Å². The fraction of sp³-hybridized carbons (Fsp3) is 0.500.